The van der Waals surface area contributed by atoms with Crippen LogP contribution in [-0.4, -0.2) is 40.7 Å². The zero-order chi connectivity index (χ0) is 12.0. The van der Waals surface area contributed by atoms with E-state index in [1.165, 1.54) is 12.4 Å². The van der Waals surface area contributed by atoms with Crippen molar-refractivity contribution in [3.05, 3.63) is 12.4 Å². The molecule has 0 spiro atoms. The summed E-state index contributed by atoms with van der Waals surface area (Å²) >= 11 is 0. The maximum atomic E-state index is 12.0. The van der Waals surface area contributed by atoms with Gasteiger partial charge in [0.15, 0.2) is 0 Å². The van der Waals surface area contributed by atoms with Crippen LogP contribution in [0.2, 0.25) is 0 Å². The Morgan fingerprint density at radius 2 is 1.94 bits per heavy atom. The molecule has 5 nitrogen and oxygen atoms in total. The van der Waals surface area contributed by atoms with E-state index in [1.807, 2.05) is 6.92 Å². The molecule has 3 N–H and O–H groups in total. The molecule has 1 rings (SSSR count). The van der Waals surface area contributed by atoms with Gasteiger partial charge in [-0.1, -0.05) is 0 Å². The lowest BCUT2D eigenvalue weighted by atomic mass is 10.4. The number of halogens is 2. The van der Waals surface area contributed by atoms with Crippen molar-refractivity contribution >= 4 is 11.6 Å². The highest BCUT2D eigenvalue weighted by molar-refractivity contribution is 5.41. The van der Waals surface area contributed by atoms with Gasteiger partial charge in [0, 0.05) is 13.1 Å². The topological polar surface area (TPSA) is 70.1 Å². The molecule has 7 heteroatoms. The van der Waals surface area contributed by atoms with E-state index < -0.39 is 12.5 Å². The fourth-order valence-electron chi connectivity index (χ4n) is 1.02. The summed E-state index contributed by atoms with van der Waals surface area (Å²) in [6.45, 7) is 2.34. The van der Waals surface area contributed by atoms with Crippen LogP contribution in [0.15, 0.2) is 12.4 Å². The maximum absolute atomic E-state index is 12.0. The Morgan fingerprint density at radius 3 is 2.50 bits per heavy atom. The third kappa shape index (κ3) is 3.93. The Kier molecular flexibility index (Phi) is 4.84. The lowest BCUT2D eigenvalue weighted by Crippen LogP contribution is -2.27. The van der Waals surface area contributed by atoms with E-state index >= 15 is 0 Å². The molecular formula is C9H14F2N4O. The van der Waals surface area contributed by atoms with Gasteiger partial charge < -0.3 is 15.7 Å². The highest BCUT2D eigenvalue weighted by Crippen LogP contribution is 2.07. The van der Waals surface area contributed by atoms with Crippen LogP contribution in [0, 0.1) is 0 Å². The minimum atomic E-state index is -2.77. The predicted molar refractivity (Wildman–Crippen MR) is 56.7 cm³/mol. The van der Waals surface area contributed by atoms with Crippen LogP contribution in [0.1, 0.15) is 6.92 Å². The van der Waals surface area contributed by atoms with Crippen molar-refractivity contribution in [1.29, 1.82) is 0 Å². The second-order valence-corrected chi connectivity index (χ2v) is 3.10. The van der Waals surface area contributed by atoms with E-state index in [0.29, 0.717) is 18.2 Å². The number of nitrogens with zero attached hydrogens (tertiary/aromatic N) is 2. The van der Waals surface area contributed by atoms with Crippen LogP contribution < -0.4 is 10.6 Å². The standard InChI is InChI=1S/C9H14F2N4O/c1-2-13-7-4-12-5-8(15-7)14-3-6(16)9(10)11/h4-6,9,16H,2-3H2,1H3,(H2,13,14,15). The third-order valence-corrected chi connectivity index (χ3v) is 1.78. The van der Waals surface area contributed by atoms with Crippen molar-refractivity contribution in [2.24, 2.45) is 0 Å². The number of aliphatic hydroxyl groups is 1. The smallest absolute Gasteiger partial charge is 0.265 e. The number of rotatable bonds is 6. The Hall–Kier alpha value is -1.50. The SMILES string of the molecule is CCNc1cncc(NCC(O)C(F)F)n1. The Bertz CT molecular complexity index is 324. The van der Waals surface area contributed by atoms with E-state index in [-0.39, 0.29) is 6.54 Å². The van der Waals surface area contributed by atoms with Crippen molar-refractivity contribution in [2.45, 2.75) is 19.5 Å². The summed E-state index contributed by atoms with van der Waals surface area (Å²) in [5.74, 6) is 0.900. The largest absolute Gasteiger partial charge is 0.385 e. The van der Waals surface area contributed by atoms with Gasteiger partial charge in [0.2, 0.25) is 0 Å². The van der Waals surface area contributed by atoms with Crippen molar-refractivity contribution in [3.8, 4) is 0 Å². The van der Waals surface area contributed by atoms with Gasteiger partial charge in [-0.25, -0.2) is 13.8 Å². The van der Waals surface area contributed by atoms with Crippen LogP contribution in [-0.2, 0) is 0 Å². The maximum Gasteiger partial charge on any atom is 0.265 e. The summed E-state index contributed by atoms with van der Waals surface area (Å²) < 4.78 is 24.0. The fourth-order valence-corrected chi connectivity index (χ4v) is 1.02. The fraction of sp³-hybridized carbons (Fsp3) is 0.556. The molecule has 16 heavy (non-hydrogen) atoms. The predicted octanol–water partition coefficient (Wildman–Crippen LogP) is 0.946. The second-order valence-electron chi connectivity index (χ2n) is 3.10. The van der Waals surface area contributed by atoms with E-state index in [0.717, 1.165) is 0 Å². The van der Waals surface area contributed by atoms with Crippen LogP contribution in [0.4, 0.5) is 20.4 Å². The highest BCUT2D eigenvalue weighted by atomic mass is 19.3. The van der Waals surface area contributed by atoms with Gasteiger partial charge in [-0.2, -0.15) is 0 Å². The second kappa shape index (κ2) is 6.16. The molecule has 0 fully saturated rings. The molecule has 0 saturated heterocycles. The van der Waals surface area contributed by atoms with Gasteiger partial charge >= 0.3 is 0 Å². The molecule has 1 aromatic heterocycles. The molecule has 0 saturated carbocycles. The first-order valence-corrected chi connectivity index (χ1v) is 4.89. The van der Waals surface area contributed by atoms with Gasteiger partial charge in [0.05, 0.1) is 12.4 Å². The van der Waals surface area contributed by atoms with Crippen LogP contribution >= 0.6 is 0 Å². The Balaban J connectivity index is 2.50. The van der Waals surface area contributed by atoms with Gasteiger partial charge in [0.25, 0.3) is 6.43 Å². The average Bonchev–Trinajstić information content (AvgIpc) is 2.26. The molecule has 0 radical (unpaired) electrons. The molecule has 0 aliphatic carbocycles. The minimum Gasteiger partial charge on any atom is -0.385 e. The first-order chi connectivity index (χ1) is 7.63. The van der Waals surface area contributed by atoms with Gasteiger partial charge in [-0.3, -0.25) is 4.98 Å². The lowest BCUT2D eigenvalue weighted by Gasteiger charge is -2.11. The zero-order valence-corrected chi connectivity index (χ0v) is 8.82. The van der Waals surface area contributed by atoms with Gasteiger partial charge in [0.1, 0.15) is 17.7 Å². The number of alkyl halides is 2. The quantitative estimate of drug-likeness (QED) is 0.681. The van der Waals surface area contributed by atoms with Crippen molar-refractivity contribution in [1.82, 2.24) is 9.97 Å². The van der Waals surface area contributed by atoms with Crippen molar-refractivity contribution in [2.75, 3.05) is 23.7 Å². The summed E-state index contributed by atoms with van der Waals surface area (Å²) in [5, 5.41) is 14.4. The first kappa shape index (κ1) is 12.6. The molecule has 0 aliphatic heterocycles. The molecule has 0 amide bonds. The van der Waals surface area contributed by atoms with Crippen LogP contribution in [0.25, 0.3) is 0 Å². The highest BCUT2D eigenvalue weighted by Gasteiger charge is 2.16. The summed E-state index contributed by atoms with van der Waals surface area (Å²) in [6.07, 6.45) is -1.54. The summed E-state index contributed by atoms with van der Waals surface area (Å²) in [4.78, 5) is 7.92. The molecule has 0 aromatic carbocycles. The van der Waals surface area contributed by atoms with E-state index in [2.05, 4.69) is 20.6 Å². The molecule has 90 valence electrons. The molecule has 1 aromatic rings. The van der Waals surface area contributed by atoms with Crippen LogP contribution in [0.5, 0.6) is 0 Å². The summed E-state index contributed by atoms with van der Waals surface area (Å²) in [5.41, 5.74) is 0. The number of hydrogen-bond acceptors (Lipinski definition) is 5. The molecule has 1 unspecified atom stereocenters. The van der Waals surface area contributed by atoms with E-state index in [1.54, 1.807) is 0 Å². The first-order valence-electron chi connectivity index (χ1n) is 4.89. The molecule has 1 atom stereocenters. The van der Waals surface area contributed by atoms with Crippen LogP contribution in [0.3, 0.4) is 0 Å². The third-order valence-electron chi connectivity index (χ3n) is 1.78. The van der Waals surface area contributed by atoms with Gasteiger partial charge in [-0.05, 0) is 6.92 Å². The monoisotopic (exact) mass is 232 g/mol. The average molecular weight is 232 g/mol. The summed E-state index contributed by atoms with van der Waals surface area (Å²) in [7, 11) is 0. The summed E-state index contributed by atoms with van der Waals surface area (Å²) in [6, 6.07) is 0. The number of hydrogen-bond donors (Lipinski definition) is 3. The Labute approximate surface area is 91.9 Å². The molecule has 0 bridgehead atoms. The zero-order valence-electron chi connectivity index (χ0n) is 8.82. The molecule has 1 heterocycles. The minimum absolute atomic E-state index is 0.262. The number of aliphatic hydroxyl groups excluding tert-OH is 1. The van der Waals surface area contributed by atoms with Crippen molar-refractivity contribution < 1.29 is 13.9 Å². The molecular weight excluding hydrogens is 218 g/mol. The van der Waals surface area contributed by atoms with Gasteiger partial charge in [-0.15, -0.1) is 0 Å². The Morgan fingerprint density at radius 1 is 1.31 bits per heavy atom. The van der Waals surface area contributed by atoms with Crippen molar-refractivity contribution in [3.63, 3.8) is 0 Å². The lowest BCUT2D eigenvalue weighted by molar-refractivity contribution is 0.00380. The molecule has 0 aliphatic rings. The van der Waals surface area contributed by atoms with E-state index in [4.69, 9.17) is 5.11 Å². The number of anilines is 2. The normalized spacial score (nSPS) is 12.6. The van der Waals surface area contributed by atoms with E-state index in [9.17, 15) is 8.78 Å². The number of nitrogens with one attached hydrogen (secondary N) is 2. The number of aromatic nitrogens is 2.